The first kappa shape index (κ1) is 17.0. The smallest absolute Gasteiger partial charge is 0.323 e. The zero-order valence-electron chi connectivity index (χ0n) is 14.5. The van der Waals surface area contributed by atoms with Crippen molar-refractivity contribution in [2.45, 2.75) is 0 Å². The summed E-state index contributed by atoms with van der Waals surface area (Å²) in [5.41, 5.74) is 3.13. The van der Waals surface area contributed by atoms with Gasteiger partial charge in [-0.1, -0.05) is 29.5 Å². The van der Waals surface area contributed by atoms with Crippen LogP contribution in [0.25, 0.3) is 20.9 Å². The number of anilines is 2. The molecule has 0 atom stereocenters. The van der Waals surface area contributed by atoms with Gasteiger partial charge in [0.15, 0.2) is 0 Å². The molecule has 0 saturated carbocycles. The fraction of sp³-hybridized carbons (Fsp3) is 0.0500. The molecule has 0 spiro atoms. The number of carbonyl (C=O) groups is 1. The minimum absolute atomic E-state index is 0.327. The lowest BCUT2D eigenvalue weighted by molar-refractivity contribution is 0.262. The molecule has 0 unspecified atom stereocenters. The van der Waals surface area contributed by atoms with Gasteiger partial charge in [0, 0.05) is 29.2 Å². The van der Waals surface area contributed by atoms with E-state index in [1.54, 1.807) is 25.4 Å². The molecule has 2 aromatic heterocycles. The second-order valence-corrected chi connectivity index (χ2v) is 6.72. The Morgan fingerprint density at radius 1 is 1.00 bits per heavy atom. The summed E-state index contributed by atoms with van der Waals surface area (Å²) in [5.74, 6) is 0.680. The molecule has 2 N–H and O–H groups in total. The van der Waals surface area contributed by atoms with Crippen molar-refractivity contribution < 1.29 is 9.53 Å². The minimum atomic E-state index is -0.327. The number of nitrogens with zero attached hydrogens (tertiary/aromatic N) is 2. The van der Waals surface area contributed by atoms with E-state index in [9.17, 15) is 4.79 Å². The maximum Gasteiger partial charge on any atom is 0.323 e. The Hall–Kier alpha value is -3.45. The molecule has 4 aromatic rings. The first-order chi connectivity index (χ1) is 13.2. The number of hydrogen-bond donors (Lipinski definition) is 2. The standard InChI is InChI=1S/C20H16N4O2S/c1-26-16-8-3-7-15(12-16)23-20(25)22-14-6-2-5-13(11-14)18-24-17-9-4-10-21-19(17)27-18/h2-12H,1H3,(H2,22,23,25). The number of pyridine rings is 1. The van der Waals surface area contributed by atoms with Crippen molar-refractivity contribution in [3.05, 3.63) is 66.9 Å². The number of aromatic nitrogens is 2. The number of fused-ring (bicyclic) bond motifs is 1. The van der Waals surface area contributed by atoms with Crippen LogP contribution >= 0.6 is 11.3 Å². The van der Waals surface area contributed by atoms with Gasteiger partial charge in [-0.15, -0.1) is 0 Å². The highest BCUT2D eigenvalue weighted by molar-refractivity contribution is 7.21. The predicted octanol–water partition coefficient (Wildman–Crippen LogP) is 5.01. The largest absolute Gasteiger partial charge is 0.497 e. The van der Waals surface area contributed by atoms with Crippen molar-refractivity contribution in [3.8, 4) is 16.3 Å². The normalized spacial score (nSPS) is 10.6. The van der Waals surface area contributed by atoms with Gasteiger partial charge in [0.05, 0.1) is 7.11 Å². The number of benzene rings is 2. The van der Waals surface area contributed by atoms with Gasteiger partial charge in [0.25, 0.3) is 0 Å². The Kier molecular flexibility index (Phi) is 4.67. The molecule has 4 rings (SSSR count). The van der Waals surface area contributed by atoms with E-state index < -0.39 is 0 Å². The van der Waals surface area contributed by atoms with E-state index in [-0.39, 0.29) is 6.03 Å². The number of amides is 2. The van der Waals surface area contributed by atoms with Gasteiger partial charge < -0.3 is 15.4 Å². The van der Waals surface area contributed by atoms with Crippen LogP contribution < -0.4 is 15.4 Å². The number of nitrogens with one attached hydrogen (secondary N) is 2. The van der Waals surface area contributed by atoms with E-state index in [2.05, 4.69) is 20.6 Å². The molecule has 0 radical (unpaired) electrons. The maximum absolute atomic E-state index is 12.3. The topological polar surface area (TPSA) is 76.1 Å². The number of rotatable bonds is 4. The van der Waals surface area contributed by atoms with Crippen molar-refractivity contribution >= 4 is 39.1 Å². The third kappa shape index (κ3) is 3.88. The molecule has 0 bridgehead atoms. The molecule has 6 nitrogen and oxygen atoms in total. The zero-order valence-corrected chi connectivity index (χ0v) is 15.3. The number of urea groups is 1. The van der Waals surface area contributed by atoms with E-state index >= 15 is 0 Å². The van der Waals surface area contributed by atoms with Crippen LogP contribution in [0.1, 0.15) is 0 Å². The fourth-order valence-corrected chi connectivity index (χ4v) is 3.52. The van der Waals surface area contributed by atoms with Crippen LogP contribution in [-0.4, -0.2) is 23.1 Å². The molecule has 2 heterocycles. The molecule has 0 aliphatic heterocycles. The second-order valence-electron chi connectivity index (χ2n) is 5.74. The van der Waals surface area contributed by atoms with E-state index in [0.717, 1.165) is 20.9 Å². The van der Waals surface area contributed by atoms with Crippen LogP contribution in [-0.2, 0) is 0 Å². The average Bonchev–Trinajstić information content (AvgIpc) is 3.12. The first-order valence-corrected chi connectivity index (χ1v) is 9.07. The molecule has 0 aliphatic rings. The summed E-state index contributed by atoms with van der Waals surface area (Å²) in [7, 11) is 1.59. The Bertz CT molecular complexity index is 1080. The minimum Gasteiger partial charge on any atom is -0.497 e. The molecule has 27 heavy (non-hydrogen) atoms. The van der Waals surface area contributed by atoms with Crippen LogP contribution in [0, 0.1) is 0 Å². The van der Waals surface area contributed by atoms with Gasteiger partial charge >= 0.3 is 6.03 Å². The maximum atomic E-state index is 12.3. The molecular formula is C20H16N4O2S. The van der Waals surface area contributed by atoms with Crippen LogP contribution in [0.2, 0.25) is 0 Å². The summed E-state index contributed by atoms with van der Waals surface area (Å²) >= 11 is 1.52. The van der Waals surface area contributed by atoms with Gasteiger partial charge in [-0.25, -0.2) is 14.8 Å². The third-order valence-electron chi connectivity index (χ3n) is 3.86. The third-order valence-corrected chi connectivity index (χ3v) is 4.89. The lowest BCUT2D eigenvalue weighted by atomic mass is 10.2. The van der Waals surface area contributed by atoms with Crippen LogP contribution in [0.3, 0.4) is 0 Å². The Balaban J connectivity index is 1.51. The lowest BCUT2D eigenvalue weighted by Gasteiger charge is -2.09. The quantitative estimate of drug-likeness (QED) is 0.525. The SMILES string of the molecule is COc1cccc(NC(=O)Nc2cccc(-c3nc4cccnc4s3)c2)c1. The van der Waals surface area contributed by atoms with E-state index in [1.165, 1.54) is 11.3 Å². The Morgan fingerprint density at radius 3 is 2.56 bits per heavy atom. The summed E-state index contributed by atoms with van der Waals surface area (Å²) in [6.07, 6.45) is 1.76. The van der Waals surface area contributed by atoms with Crippen molar-refractivity contribution in [2.75, 3.05) is 17.7 Å². The molecule has 7 heteroatoms. The van der Waals surface area contributed by atoms with Crippen molar-refractivity contribution in [3.63, 3.8) is 0 Å². The molecular weight excluding hydrogens is 360 g/mol. The monoisotopic (exact) mass is 376 g/mol. The van der Waals surface area contributed by atoms with Gasteiger partial charge in [-0.05, 0) is 36.4 Å². The van der Waals surface area contributed by atoms with Crippen molar-refractivity contribution in [1.82, 2.24) is 9.97 Å². The molecule has 134 valence electrons. The summed E-state index contributed by atoms with van der Waals surface area (Å²) in [6.45, 7) is 0. The lowest BCUT2D eigenvalue weighted by Crippen LogP contribution is -2.19. The predicted molar refractivity (Wildman–Crippen MR) is 108 cm³/mol. The van der Waals surface area contributed by atoms with Crippen LogP contribution in [0.4, 0.5) is 16.2 Å². The fourth-order valence-electron chi connectivity index (χ4n) is 2.62. The van der Waals surface area contributed by atoms with Gasteiger partial charge in [0.2, 0.25) is 0 Å². The first-order valence-electron chi connectivity index (χ1n) is 8.25. The Labute approximate surface area is 159 Å². The van der Waals surface area contributed by atoms with Crippen molar-refractivity contribution in [2.24, 2.45) is 0 Å². The molecule has 0 saturated heterocycles. The van der Waals surface area contributed by atoms with E-state index in [4.69, 9.17) is 4.74 Å². The van der Waals surface area contributed by atoms with Gasteiger partial charge in [0.1, 0.15) is 21.1 Å². The molecule has 2 amide bonds. The Morgan fingerprint density at radius 2 is 1.78 bits per heavy atom. The van der Waals surface area contributed by atoms with Crippen molar-refractivity contribution in [1.29, 1.82) is 0 Å². The molecule has 0 aliphatic carbocycles. The van der Waals surface area contributed by atoms with Crippen LogP contribution in [0.15, 0.2) is 66.9 Å². The van der Waals surface area contributed by atoms with Gasteiger partial charge in [-0.2, -0.15) is 0 Å². The highest BCUT2D eigenvalue weighted by Crippen LogP contribution is 2.30. The number of hydrogen-bond acceptors (Lipinski definition) is 5. The summed E-state index contributed by atoms with van der Waals surface area (Å²) in [6, 6.07) is 18.2. The number of thiazole rings is 1. The average molecular weight is 376 g/mol. The number of carbonyl (C=O) groups excluding carboxylic acids is 1. The highest BCUT2D eigenvalue weighted by Gasteiger charge is 2.09. The molecule has 0 fully saturated rings. The highest BCUT2D eigenvalue weighted by atomic mass is 32.1. The van der Waals surface area contributed by atoms with E-state index in [1.807, 2.05) is 48.5 Å². The second kappa shape index (κ2) is 7.43. The van der Waals surface area contributed by atoms with Crippen LogP contribution in [0.5, 0.6) is 5.75 Å². The number of ether oxygens (including phenoxy) is 1. The summed E-state index contributed by atoms with van der Waals surface area (Å²) in [5, 5.41) is 6.50. The summed E-state index contributed by atoms with van der Waals surface area (Å²) in [4.78, 5) is 22.1. The van der Waals surface area contributed by atoms with E-state index in [0.29, 0.717) is 17.1 Å². The molecule has 2 aromatic carbocycles. The number of methoxy groups -OCH3 is 1. The summed E-state index contributed by atoms with van der Waals surface area (Å²) < 4.78 is 5.16. The zero-order chi connectivity index (χ0) is 18.6. The van der Waals surface area contributed by atoms with Gasteiger partial charge in [-0.3, -0.25) is 0 Å².